The lowest BCUT2D eigenvalue weighted by Crippen LogP contribution is -2.21. The van der Waals surface area contributed by atoms with Crippen LogP contribution in [0.3, 0.4) is 0 Å². The molecule has 0 atom stereocenters. The fraction of sp³-hybridized carbons (Fsp3) is 0.909. The van der Waals surface area contributed by atoms with Gasteiger partial charge in [0.1, 0.15) is 0 Å². The Hall–Kier alpha value is -0.570. The first-order chi connectivity index (χ1) is 6.47. The first-order valence-corrected chi connectivity index (χ1v) is 5.41. The van der Waals surface area contributed by atoms with Gasteiger partial charge in [-0.2, -0.15) is 0 Å². The molecule has 3 heteroatoms. The second-order valence-corrected chi connectivity index (χ2v) is 3.61. The van der Waals surface area contributed by atoms with Crippen molar-refractivity contribution in [2.75, 3.05) is 19.6 Å². The minimum absolute atomic E-state index is 0.275. The molecule has 1 N–H and O–H groups in total. The van der Waals surface area contributed by atoms with Crippen molar-refractivity contribution in [1.82, 2.24) is 4.90 Å². The molecule has 0 amide bonds. The summed E-state index contributed by atoms with van der Waals surface area (Å²) < 4.78 is 0. The summed E-state index contributed by atoms with van der Waals surface area (Å²) in [5, 5.41) is 8.08. The molecular weight excluding hydrogens is 178 g/mol. The van der Waals surface area contributed by atoms with Crippen LogP contribution < -0.4 is 0 Å². The number of aliphatic carboxylic acids is 1. The van der Waals surface area contributed by atoms with E-state index in [4.69, 9.17) is 5.11 Å². The zero-order chi connectivity index (χ0) is 11.6. The van der Waals surface area contributed by atoms with Crippen LogP contribution in [0, 0.1) is 5.92 Å². The SMILES string of the molecule is CC(C)CC(=O)O.CCN(CC)CC. The van der Waals surface area contributed by atoms with Gasteiger partial charge in [-0.25, -0.2) is 0 Å². The minimum Gasteiger partial charge on any atom is -0.481 e. The van der Waals surface area contributed by atoms with Gasteiger partial charge in [-0.3, -0.25) is 4.79 Å². The standard InChI is InChI=1S/C6H15N.C5H10O2/c1-4-7(5-2)6-3;1-4(2)3-5(6)7/h4-6H2,1-3H3;4H,3H2,1-2H3,(H,6,7). The van der Waals surface area contributed by atoms with Crippen molar-refractivity contribution in [3.8, 4) is 0 Å². The minimum atomic E-state index is -0.713. The maximum absolute atomic E-state index is 9.81. The number of carbonyl (C=O) groups is 1. The molecule has 14 heavy (non-hydrogen) atoms. The van der Waals surface area contributed by atoms with Gasteiger partial charge in [0, 0.05) is 6.42 Å². The molecule has 0 saturated heterocycles. The zero-order valence-corrected chi connectivity index (χ0v) is 10.2. The Morgan fingerprint density at radius 3 is 1.50 bits per heavy atom. The Labute approximate surface area is 88.1 Å². The van der Waals surface area contributed by atoms with Crippen molar-refractivity contribution in [3.05, 3.63) is 0 Å². The molecule has 0 aliphatic heterocycles. The summed E-state index contributed by atoms with van der Waals surface area (Å²) in [6.45, 7) is 13.9. The van der Waals surface area contributed by atoms with Crippen LogP contribution in [0.25, 0.3) is 0 Å². The van der Waals surface area contributed by atoms with E-state index in [1.54, 1.807) is 0 Å². The molecule has 0 heterocycles. The quantitative estimate of drug-likeness (QED) is 0.746. The van der Waals surface area contributed by atoms with E-state index in [1.807, 2.05) is 13.8 Å². The van der Waals surface area contributed by atoms with Gasteiger partial charge in [-0.15, -0.1) is 0 Å². The predicted molar refractivity (Wildman–Crippen MR) is 60.6 cm³/mol. The summed E-state index contributed by atoms with van der Waals surface area (Å²) in [4.78, 5) is 12.2. The van der Waals surface area contributed by atoms with Crippen molar-refractivity contribution < 1.29 is 9.90 Å². The molecule has 0 unspecified atom stereocenters. The third kappa shape index (κ3) is 14.0. The van der Waals surface area contributed by atoms with Crippen LogP contribution in [0.5, 0.6) is 0 Å². The summed E-state index contributed by atoms with van der Waals surface area (Å²) >= 11 is 0. The molecule has 0 saturated carbocycles. The van der Waals surface area contributed by atoms with E-state index in [1.165, 1.54) is 19.6 Å². The van der Waals surface area contributed by atoms with E-state index in [0.29, 0.717) is 0 Å². The lowest BCUT2D eigenvalue weighted by Gasteiger charge is -2.13. The predicted octanol–water partition coefficient (Wildman–Crippen LogP) is 2.47. The fourth-order valence-electron chi connectivity index (χ4n) is 1.02. The van der Waals surface area contributed by atoms with Gasteiger partial charge < -0.3 is 10.0 Å². The number of carboxylic acid groups (broad SMARTS) is 1. The fourth-order valence-corrected chi connectivity index (χ4v) is 1.02. The Bertz CT molecular complexity index is 126. The molecule has 86 valence electrons. The van der Waals surface area contributed by atoms with E-state index in [0.717, 1.165) is 0 Å². The van der Waals surface area contributed by atoms with E-state index in [-0.39, 0.29) is 12.3 Å². The van der Waals surface area contributed by atoms with Crippen LogP contribution >= 0.6 is 0 Å². The maximum Gasteiger partial charge on any atom is 0.303 e. The highest BCUT2D eigenvalue weighted by molar-refractivity contribution is 5.66. The second kappa shape index (κ2) is 10.5. The Morgan fingerprint density at radius 1 is 1.14 bits per heavy atom. The number of hydrogen-bond donors (Lipinski definition) is 1. The Morgan fingerprint density at radius 2 is 1.50 bits per heavy atom. The summed E-state index contributed by atoms with van der Waals surface area (Å²) in [5.74, 6) is -0.438. The third-order valence-corrected chi connectivity index (χ3v) is 1.92. The average Bonchev–Trinajstić information content (AvgIpc) is 2.06. The summed E-state index contributed by atoms with van der Waals surface area (Å²) in [6.07, 6.45) is 0.278. The molecule has 0 aromatic rings. The smallest absolute Gasteiger partial charge is 0.303 e. The largest absolute Gasteiger partial charge is 0.481 e. The zero-order valence-electron chi connectivity index (χ0n) is 10.2. The molecule has 0 aliphatic carbocycles. The molecule has 0 fully saturated rings. The lowest BCUT2D eigenvalue weighted by molar-refractivity contribution is -0.137. The number of rotatable bonds is 5. The van der Waals surface area contributed by atoms with Gasteiger partial charge in [-0.05, 0) is 25.6 Å². The van der Waals surface area contributed by atoms with Gasteiger partial charge in [-0.1, -0.05) is 34.6 Å². The molecule has 0 aromatic carbocycles. The van der Waals surface area contributed by atoms with E-state index in [2.05, 4.69) is 25.7 Å². The first-order valence-electron chi connectivity index (χ1n) is 5.41. The van der Waals surface area contributed by atoms with Crippen LogP contribution in [0.4, 0.5) is 0 Å². The molecule has 0 aromatic heterocycles. The molecular formula is C11H25NO2. The summed E-state index contributed by atoms with van der Waals surface area (Å²) in [7, 11) is 0. The van der Waals surface area contributed by atoms with Crippen molar-refractivity contribution in [2.45, 2.75) is 41.0 Å². The van der Waals surface area contributed by atoms with Crippen molar-refractivity contribution in [1.29, 1.82) is 0 Å². The van der Waals surface area contributed by atoms with Gasteiger partial charge in [0.2, 0.25) is 0 Å². The molecule has 0 aliphatic rings. The Kier molecular flexibility index (Phi) is 11.9. The van der Waals surface area contributed by atoms with Crippen molar-refractivity contribution in [3.63, 3.8) is 0 Å². The number of nitrogens with zero attached hydrogens (tertiary/aromatic N) is 1. The monoisotopic (exact) mass is 203 g/mol. The molecule has 0 spiro atoms. The number of hydrogen-bond acceptors (Lipinski definition) is 2. The molecule has 0 radical (unpaired) electrons. The summed E-state index contributed by atoms with van der Waals surface area (Å²) in [6, 6.07) is 0. The van der Waals surface area contributed by atoms with Gasteiger partial charge in [0.15, 0.2) is 0 Å². The van der Waals surface area contributed by atoms with Gasteiger partial charge in [0.05, 0.1) is 0 Å². The van der Waals surface area contributed by atoms with Gasteiger partial charge >= 0.3 is 5.97 Å². The van der Waals surface area contributed by atoms with E-state index >= 15 is 0 Å². The molecule has 0 bridgehead atoms. The maximum atomic E-state index is 9.81. The molecule has 3 nitrogen and oxygen atoms in total. The van der Waals surface area contributed by atoms with E-state index < -0.39 is 5.97 Å². The normalized spacial score (nSPS) is 9.93. The Balaban J connectivity index is 0. The van der Waals surface area contributed by atoms with Crippen molar-refractivity contribution >= 4 is 5.97 Å². The number of carboxylic acids is 1. The lowest BCUT2D eigenvalue weighted by atomic mass is 10.1. The van der Waals surface area contributed by atoms with Crippen LogP contribution in [-0.4, -0.2) is 35.6 Å². The first kappa shape index (κ1) is 15.9. The molecule has 0 rings (SSSR count). The van der Waals surface area contributed by atoms with Crippen LogP contribution in [0.15, 0.2) is 0 Å². The highest BCUT2D eigenvalue weighted by Crippen LogP contribution is 1.96. The highest BCUT2D eigenvalue weighted by Gasteiger charge is 1.98. The van der Waals surface area contributed by atoms with Crippen LogP contribution in [-0.2, 0) is 4.79 Å². The average molecular weight is 203 g/mol. The van der Waals surface area contributed by atoms with E-state index in [9.17, 15) is 4.79 Å². The second-order valence-electron chi connectivity index (χ2n) is 3.61. The summed E-state index contributed by atoms with van der Waals surface area (Å²) in [5.41, 5.74) is 0. The topological polar surface area (TPSA) is 40.5 Å². The third-order valence-electron chi connectivity index (χ3n) is 1.92. The van der Waals surface area contributed by atoms with Crippen molar-refractivity contribution in [2.24, 2.45) is 5.92 Å². The highest BCUT2D eigenvalue weighted by atomic mass is 16.4. The van der Waals surface area contributed by atoms with Gasteiger partial charge in [0.25, 0.3) is 0 Å². The van der Waals surface area contributed by atoms with Crippen LogP contribution in [0.1, 0.15) is 41.0 Å². The van der Waals surface area contributed by atoms with Crippen LogP contribution in [0.2, 0.25) is 0 Å².